The van der Waals surface area contributed by atoms with Crippen molar-refractivity contribution in [2.24, 2.45) is 0 Å². The number of carbonyl (C=O) groups is 2. The molecule has 2 aromatic heterocycles. The van der Waals surface area contributed by atoms with Gasteiger partial charge in [0.1, 0.15) is 0 Å². The van der Waals surface area contributed by atoms with Gasteiger partial charge in [-0.2, -0.15) is 9.78 Å². The summed E-state index contributed by atoms with van der Waals surface area (Å²) in [6, 6.07) is 17.4. The summed E-state index contributed by atoms with van der Waals surface area (Å²) in [7, 11) is 0. The summed E-state index contributed by atoms with van der Waals surface area (Å²) in [5, 5.41) is 5.01. The molecular weight excluding hydrogens is 406 g/mol. The molecule has 0 aliphatic heterocycles. The van der Waals surface area contributed by atoms with E-state index in [1.54, 1.807) is 54.6 Å². The van der Waals surface area contributed by atoms with Gasteiger partial charge in [-0.15, -0.1) is 0 Å². The van der Waals surface area contributed by atoms with Gasteiger partial charge in [0.25, 0.3) is 5.56 Å². The predicted molar refractivity (Wildman–Crippen MR) is 122 cm³/mol. The molecule has 0 unspecified atom stereocenters. The van der Waals surface area contributed by atoms with Crippen LogP contribution in [0.5, 0.6) is 0 Å². The van der Waals surface area contributed by atoms with Crippen LogP contribution < -0.4 is 5.56 Å². The molecular formula is C25H23N3O4. The number of ether oxygens (including phenoxy) is 1. The van der Waals surface area contributed by atoms with Crippen molar-refractivity contribution in [2.75, 3.05) is 6.61 Å². The minimum absolute atomic E-state index is 0.0177. The summed E-state index contributed by atoms with van der Waals surface area (Å²) in [6.07, 6.45) is 0. The standard InChI is InChI=1S/C25H23N3O4/c1-4-27-16(2)14-21(17(27)3)22(29)15-32-25(31)23-19-12-8-9-13-20(19)24(30)28(26-23)18-10-6-5-7-11-18/h5-14H,4,15H2,1-3H3. The maximum Gasteiger partial charge on any atom is 0.359 e. The number of para-hydroxylation sites is 1. The van der Waals surface area contributed by atoms with Gasteiger partial charge in [-0.05, 0) is 45.0 Å². The number of carbonyl (C=O) groups excluding carboxylic acids is 2. The van der Waals surface area contributed by atoms with E-state index in [2.05, 4.69) is 5.10 Å². The molecule has 0 fully saturated rings. The van der Waals surface area contributed by atoms with Crippen molar-refractivity contribution in [1.29, 1.82) is 0 Å². The van der Waals surface area contributed by atoms with Gasteiger partial charge in [-0.25, -0.2) is 4.79 Å². The number of Topliss-reactive ketones (excluding diaryl/α,β-unsaturated/α-hetero) is 1. The third kappa shape index (κ3) is 3.73. The SMILES string of the molecule is CCn1c(C)cc(C(=O)COC(=O)c2nn(-c3ccccc3)c(=O)c3ccccc23)c1C. The minimum Gasteiger partial charge on any atom is -0.452 e. The average Bonchev–Trinajstić information content (AvgIpc) is 3.11. The van der Waals surface area contributed by atoms with Crippen LogP contribution in [-0.2, 0) is 11.3 Å². The van der Waals surface area contributed by atoms with Crippen LogP contribution in [0.25, 0.3) is 16.5 Å². The Hall–Kier alpha value is -4.00. The first-order chi connectivity index (χ1) is 15.4. The van der Waals surface area contributed by atoms with Gasteiger partial charge in [-0.1, -0.05) is 36.4 Å². The summed E-state index contributed by atoms with van der Waals surface area (Å²) < 4.78 is 8.55. The highest BCUT2D eigenvalue weighted by Crippen LogP contribution is 2.18. The van der Waals surface area contributed by atoms with Gasteiger partial charge >= 0.3 is 5.97 Å². The zero-order valence-corrected chi connectivity index (χ0v) is 18.2. The zero-order chi connectivity index (χ0) is 22.8. The second kappa shape index (κ2) is 8.63. The fraction of sp³-hybridized carbons (Fsp3) is 0.200. The number of fused-ring (bicyclic) bond motifs is 1. The molecule has 4 aromatic rings. The summed E-state index contributed by atoms with van der Waals surface area (Å²) in [5.41, 5.74) is 2.52. The molecule has 2 heterocycles. The normalized spacial score (nSPS) is 11.0. The van der Waals surface area contributed by atoms with Crippen LogP contribution in [0.3, 0.4) is 0 Å². The smallest absolute Gasteiger partial charge is 0.359 e. The molecule has 0 saturated carbocycles. The molecule has 0 radical (unpaired) electrons. The van der Waals surface area contributed by atoms with Gasteiger partial charge in [-0.3, -0.25) is 9.59 Å². The summed E-state index contributed by atoms with van der Waals surface area (Å²) in [5.74, 6) is -1.05. The average molecular weight is 429 g/mol. The molecule has 0 saturated heterocycles. The number of aryl methyl sites for hydroxylation is 1. The molecule has 0 aliphatic carbocycles. The second-order valence-electron chi connectivity index (χ2n) is 7.48. The quantitative estimate of drug-likeness (QED) is 0.343. The third-order valence-corrected chi connectivity index (χ3v) is 5.52. The first-order valence-corrected chi connectivity index (χ1v) is 10.4. The number of ketones is 1. The zero-order valence-electron chi connectivity index (χ0n) is 18.2. The van der Waals surface area contributed by atoms with Crippen LogP contribution in [0, 0.1) is 13.8 Å². The number of esters is 1. The topological polar surface area (TPSA) is 83.2 Å². The highest BCUT2D eigenvalue weighted by Gasteiger charge is 2.21. The number of hydrogen-bond acceptors (Lipinski definition) is 5. The fourth-order valence-corrected chi connectivity index (χ4v) is 3.93. The highest BCUT2D eigenvalue weighted by atomic mass is 16.5. The van der Waals surface area contributed by atoms with Crippen molar-refractivity contribution in [3.8, 4) is 5.69 Å². The van der Waals surface area contributed by atoms with E-state index >= 15 is 0 Å². The Morgan fingerprint density at radius 3 is 2.28 bits per heavy atom. The van der Waals surface area contributed by atoms with Gasteiger partial charge in [0.2, 0.25) is 5.78 Å². The highest BCUT2D eigenvalue weighted by molar-refractivity contribution is 6.04. The lowest BCUT2D eigenvalue weighted by Crippen LogP contribution is -2.26. The Balaban J connectivity index is 1.67. The maximum absolute atomic E-state index is 12.9. The molecule has 7 nitrogen and oxygen atoms in total. The lowest BCUT2D eigenvalue weighted by Gasteiger charge is -2.11. The van der Waals surface area contributed by atoms with Gasteiger partial charge in [0.15, 0.2) is 12.3 Å². The van der Waals surface area contributed by atoms with E-state index < -0.39 is 12.6 Å². The molecule has 0 bridgehead atoms. The second-order valence-corrected chi connectivity index (χ2v) is 7.48. The summed E-state index contributed by atoms with van der Waals surface area (Å²) in [4.78, 5) is 38.6. The molecule has 4 rings (SSSR count). The van der Waals surface area contributed by atoms with Gasteiger partial charge < -0.3 is 9.30 Å². The van der Waals surface area contributed by atoms with Gasteiger partial charge in [0.05, 0.1) is 11.1 Å². The maximum atomic E-state index is 12.9. The number of aromatic nitrogens is 3. The Morgan fingerprint density at radius 1 is 0.969 bits per heavy atom. The van der Waals surface area contributed by atoms with E-state index in [1.165, 1.54) is 4.68 Å². The molecule has 32 heavy (non-hydrogen) atoms. The molecule has 0 spiro atoms. The third-order valence-electron chi connectivity index (χ3n) is 5.52. The van der Waals surface area contributed by atoms with Crippen molar-refractivity contribution in [3.63, 3.8) is 0 Å². The van der Waals surface area contributed by atoms with Crippen LogP contribution in [0.1, 0.15) is 39.2 Å². The molecule has 2 aromatic carbocycles. The fourth-order valence-electron chi connectivity index (χ4n) is 3.93. The van der Waals surface area contributed by atoms with Crippen molar-refractivity contribution >= 4 is 22.5 Å². The molecule has 162 valence electrons. The van der Waals surface area contributed by atoms with Gasteiger partial charge in [0, 0.05) is 28.9 Å². The van der Waals surface area contributed by atoms with Crippen LogP contribution in [0.15, 0.2) is 65.5 Å². The molecule has 0 N–H and O–H groups in total. The number of benzene rings is 2. The number of nitrogens with zero attached hydrogens (tertiary/aromatic N) is 3. The van der Waals surface area contributed by atoms with E-state index in [4.69, 9.17) is 4.74 Å². The first kappa shape index (κ1) is 21.2. The predicted octanol–water partition coefficient (Wildman–Crippen LogP) is 3.86. The van der Waals surface area contributed by atoms with Crippen molar-refractivity contribution in [1.82, 2.24) is 14.3 Å². The van der Waals surface area contributed by atoms with E-state index in [0.717, 1.165) is 17.9 Å². The van der Waals surface area contributed by atoms with Crippen LogP contribution in [0.4, 0.5) is 0 Å². The van der Waals surface area contributed by atoms with Crippen molar-refractivity contribution in [2.45, 2.75) is 27.3 Å². The lowest BCUT2D eigenvalue weighted by atomic mass is 10.1. The molecule has 0 atom stereocenters. The summed E-state index contributed by atoms with van der Waals surface area (Å²) >= 11 is 0. The Morgan fingerprint density at radius 2 is 1.62 bits per heavy atom. The largest absolute Gasteiger partial charge is 0.452 e. The van der Waals surface area contributed by atoms with Crippen molar-refractivity contribution < 1.29 is 14.3 Å². The monoisotopic (exact) mass is 429 g/mol. The first-order valence-electron chi connectivity index (χ1n) is 10.4. The van der Waals surface area contributed by atoms with Crippen LogP contribution in [0.2, 0.25) is 0 Å². The number of hydrogen-bond donors (Lipinski definition) is 0. The Kier molecular flexibility index (Phi) is 5.73. The molecule has 0 aliphatic rings. The lowest BCUT2D eigenvalue weighted by molar-refractivity contribution is 0.0469. The number of rotatable bonds is 6. The van der Waals surface area contributed by atoms with E-state index in [0.29, 0.717) is 22.0 Å². The molecule has 0 amide bonds. The Labute approximate surface area is 184 Å². The van der Waals surface area contributed by atoms with Crippen LogP contribution >= 0.6 is 0 Å². The summed E-state index contributed by atoms with van der Waals surface area (Å²) in [6.45, 7) is 6.15. The van der Waals surface area contributed by atoms with Crippen LogP contribution in [-0.4, -0.2) is 32.7 Å². The Bertz CT molecular complexity index is 1380. The van der Waals surface area contributed by atoms with Crippen molar-refractivity contribution in [3.05, 3.63) is 93.7 Å². The minimum atomic E-state index is -0.761. The van der Waals surface area contributed by atoms with E-state index in [1.807, 2.05) is 31.4 Å². The molecule has 7 heteroatoms. The van der Waals surface area contributed by atoms with E-state index in [-0.39, 0.29) is 17.0 Å². The van der Waals surface area contributed by atoms with E-state index in [9.17, 15) is 14.4 Å².